The van der Waals surface area contributed by atoms with E-state index < -0.39 is 0 Å². The van der Waals surface area contributed by atoms with Crippen LogP contribution in [0.25, 0.3) is 0 Å². The van der Waals surface area contributed by atoms with E-state index in [1.54, 1.807) is 12.1 Å². The third-order valence-corrected chi connectivity index (χ3v) is 4.86. The van der Waals surface area contributed by atoms with Crippen LogP contribution in [0.5, 0.6) is 11.5 Å². The van der Waals surface area contributed by atoms with Crippen molar-refractivity contribution in [3.63, 3.8) is 0 Å². The third kappa shape index (κ3) is 5.51. The fraction of sp³-hybridized carbons (Fsp3) is 0.632. The number of halogens is 1. The van der Waals surface area contributed by atoms with E-state index in [2.05, 4.69) is 24.1 Å². The zero-order valence-corrected chi connectivity index (χ0v) is 16.4. The standard InChI is InChI=1S/C19H29ClN2O3/c1-13-8-14(2)12-22(11-13)7-5-6-21-19(23)15-9-16(20)18(25-4)17(10-15)24-3/h9-10,13-14H,5-8,11-12H2,1-4H3,(H,21,23)/t13-,14-/m1/s1. The summed E-state index contributed by atoms with van der Waals surface area (Å²) in [6, 6.07) is 3.25. The van der Waals surface area contributed by atoms with Crippen LogP contribution in [0.4, 0.5) is 0 Å². The van der Waals surface area contributed by atoms with Gasteiger partial charge in [0.1, 0.15) is 0 Å². The Hall–Kier alpha value is -1.46. The summed E-state index contributed by atoms with van der Waals surface area (Å²) in [5.41, 5.74) is 0.475. The van der Waals surface area contributed by atoms with Gasteiger partial charge in [-0.3, -0.25) is 4.79 Å². The van der Waals surface area contributed by atoms with Gasteiger partial charge < -0.3 is 19.7 Å². The Balaban J connectivity index is 1.83. The van der Waals surface area contributed by atoms with Crippen LogP contribution in [0.15, 0.2) is 12.1 Å². The molecule has 1 aliphatic heterocycles. The van der Waals surface area contributed by atoms with E-state index in [9.17, 15) is 4.79 Å². The molecular weight excluding hydrogens is 340 g/mol. The molecule has 140 valence electrons. The maximum Gasteiger partial charge on any atom is 0.251 e. The molecule has 1 saturated heterocycles. The number of benzene rings is 1. The third-order valence-electron chi connectivity index (χ3n) is 4.58. The number of piperidine rings is 1. The molecule has 25 heavy (non-hydrogen) atoms. The lowest BCUT2D eigenvalue weighted by Gasteiger charge is -2.34. The molecule has 1 heterocycles. The van der Waals surface area contributed by atoms with Crippen molar-refractivity contribution in [1.82, 2.24) is 10.2 Å². The molecule has 2 rings (SSSR count). The summed E-state index contributed by atoms with van der Waals surface area (Å²) in [6.07, 6.45) is 2.25. The highest BCUT2D eigenvalue weighted by atomic mass is 35.5. The van der Waals surface area contributed by atoms with Crippen molar-refractivity contribution >= 4 is 17.5 Å². The van der Waals surface area contributed by atoms with Crippen LogP contribution >= 0.6 is 11.6 Å². The van der Waals surface area contributed by atoms with E-state index in [0.29, 0.717) is 28.6 Å². The molecule has 1 amide bonds. The maximum atomic E-state index is 12.3. The van der Waals surface area contributed by atoms with Crippen molar-refractivity contribution in [2.24, 2.45) is 11.8 Å². The summed E-state index contributed by atoms with van der Waals surface area (Å²) in [4.78, 5) is 14.8. The van der Waals surface area contributed by atoms with Crippen molar-refractivity contribution in [3.05, 3.63) is 22.7 Å². The molecule has 1 aromatic rings. The fourth-order valence-corrected chi connectivity index (χ4v) is 3.92. The molecule has 1 N–H and O–H groups in total. The Labute approximate surface area is 155 Å². The zero-order valence-electron chi connectivity index (χ0n) is 15.6. The summed E-state index contributed by atoms with van der Waals surface area (Å²) in [5, 5.41) is 3.32. The number of methoxy groups -OCH3 is 2. The number of nitrogens with zero attached hydrogens (tertiary/aromatic N) is 1. The second-order valence-electron chi connectivity index (χ2n) is 7.01. The molecule has 0 bridgehead atoms. The average molecular weight is 369 g/mol. The fourth-order valence-electron chi connectivity index (χ4n) is 3.63. The van der Waals surface area contributed by atoms with Gasteiger partial charge in [0.2, 0.25) is 0 Å². The van der Waals surface area contributed by atoms with E-state index in [4.69, 9.17) is 21.1 Å². The topological polar surface area (TPSA) is 50.8 Å². The average Bonchev–Trinajstić information content (AvgIpc) is 2.56. The number of rotatable bonds is 7. The van der Waals surface area contributed by atoms with Gasteiger partial charge in [0.05, 0.1) is 19.2 Å². The number of carbonyl (C=O) groups is 1. The Morgan fingerprint density at radius 1 is 1.24 bits per heavy atom. The molecule has 1 aliphatic rings. The van der Waals surface area contributed by atoms with Crippen molar-refractivity contribution in [1.29, 1.82) is 0 Å². The van der Waals surface area contributed by atoms with Crippen molar-refractivity contribution in [2.45, 2.75) is 26.7 Å². The quantitative estimate of drug-likeness (QED) is 0.749. The highest BCUT2D eigenvalue weighted by Gasteiger charge is 2.21. The van der Waals surface area contributed by atoms with Crippen LogP contribution in [-0.4, -0.2) is 51.2 Å². The molecule has 5 nitrogen and oxygen atoms in total. The summed E-state index contributed by atoms with van der Waals surface area (Å²) < 4.78 is 10.4. The number of ether oxygens (including phenoxy) is 2. The Morgan fingerprint density at radius 2 is 1.92 bits per heavy atom. The van der Waals surface area contributed by atoms with E-state index in [1.165, 1.54) is 20.6 Å². The van der Waals surface area contributed by atoms with E-state index in [1.807, 2.05) is 0 Å². The Bertz CT molecular complexity index is 584. The molecule has 0 radical (unpaired) electrons. The highest BCUT2D eigenvalue weighted by molar-refractivity contribution is 6.32. The van der Waals surface area contributed by atoms with E-state index >= 15 is 0 Å². The second kappa shape index (κ2) is 9.30. The number of likely N-dealkylation sites (tertiary alicyclic amines) is 1. The van der Waals surface area contributed by atoms with Gasteiger partial charge in [0, 0.05) is 25.2 Å². The molecule has 0 unspecified atom stereocenters. The predicted octanol–water partition coefficient (Wildman–Crippen LogP) is 3.46. The van der Waals surface area contributed by atoms with E-state index in [0.717, 1.165) is 37.9 Å². The van der Waals surface area contributed by atoms with Gasteiger partial charge in [0.15, 0.2) is 11.5 Å². The SMILES string of the molecule is COc1cc(C(=O)NCCCN2C[C@H](C)C[C@@H](C)C2)cc(Cl)c1OC. The zero-order chi connectivity index (χ0) is 18.4. The van der Waals surface area contributed by atoms with Crippen LogP contribution in [-0.2, 0) is 0 Å². The first kappa shape index (κ1) is 19.9. The molecule has 0 aromatic heterocycles. The molecule has 1 fully saturated rings. The smallest absolute Gasteiger partial charge is 0.251 e. The normalized spacial score (nSPS) is 21.0. The first-order valence-electron chi connectivity index (χ1n) is 8.86. The summed E-state index contributed by atoms with van der Waals surface area (Å²) in [6.45, 7) is 8.59. The van der Waals surface area contributed by atoms with Crippen LogP contribution in [0, 0.1) is 11.8 Å². The van der Waals surface area contributed by atoms with Crippen molar-refractivity contribution < 1.29 is 14.3 Å². The molecule has 0 spiro atoms. The second-order valence-corrected chi connectivity index (χ2v) is 7.42. The summed E-state index contributed by atoms with van der Waals surface area (Å²) in [7, 11) is 3.04. The lowest BCUT2D eigenvalue weighted by molar-refractivity contribution is 0.0947. The maximum absolute atomic E-state index is 12.3. The minimum absolute atomic E-state index is 0.150. The number of nitrogens with one attached hydrogen (secondary N) is 1. The lowest BCUT2D eigenvalue weighted by Crippen LogP contribution is -2.40. The number of hydrogen-bond donors (Lipinski definition) is 1. The number of carbonyl (C=O) groups excluding carboxylic acids is 1. The van der Waals surface area contributed by atoms with Crippen molar-refractivity contribution in [2.75, 3.05) is 40.4 Å². The molecule has 6 heteroatoms. The highest BCUT2D eigenvalue weighted by Crippen LogP contribution is 2.35. The van der Waals surface area contributed by atoms with E-state index in [-0.39, 0.29) is 5.91 Å². The van der Waals surface area contributed by atoms with Crippen LogP contribution < -0.4 is 14.8 Å². The largest absolute Gasteiger partial charge is 0.493 e. The van der Waals surface area contributed by atoms with Gasteiger partial charge in [-0.25, -0.2) is 0 Å². The summed E-state index contributed by atoms with van der Waals surface area (Å²) >= 11 is 6.16. The molecule has 0 saturated carbocycles. The minimum atomic E-state index is -0.150. The lowest BCUT2D eigenvalue weighted by atomic mass is 9.92. The summed E-state index contributed by atoms with van der Waals surface area (Å²) in [5.74, 6) is 2.26. The van der Waals surface area contributed by atoms with Gasteiger partial charge in [-0.1, -0.05) is 25.4 Å². The molecule has 0 aliphatic carbocycles. The first-order chi connectivity index (χ1) is 11.9. The Kier molecular flexibility index (Phi) is 7.38. The van der Waals surface area contributed by atoms with Gasteiger partial charge in [-0.2, -0.15) is 0 Å². The minimum Gasteiger partial charge on any atom is -0.493 e. The predicted molar refractivity (Wildman–Crippen MR) is 101 cm³/mol. The molecular formula is C19H29ClN2O3. The molecule has 1 aromatic carbocycles. The monoisotopic (exact) mass is 368 g/mol. The van der Waals surface area contributed by atoms with Crippen LogP contribution in [0.1, 0.15) is 37.0 Å². The first-order valence-corrected chi connectivity index (χ1v) is 9.24. The van der Waals surface area contributed by atoms with Gasteiger partial charge in [-0.15, -0.1) is 0 Å². The van der Waals surface area contributed by atoms with Crippen LogP contribution in [0.3, 0.4) is 0 Å². The molecule has 2 atom stereocenters. The number of hydrogen-bond acceptors (Lipinski definition) is 4. The van der Waals surface area contributed by atoms with Crippen LogP contribution in [0.2, 0.25) is 5.02 Å². The van der Waals surface area contributed by atoms with Gasteiger partial charge in [-0.05, 0) is 43.4 Å². The Morgan fingerprint density at radius 3 is 2.52 bits per heavy atom. The van der Waals surface area contributed by atoms with Gasteiger partial charge in [0.25, 0.3) is 5.91 Å². The van der Waals surface area contributed by atoms with Gasteiger partial charge >= 0.3 is 0 Å². The number of amides is 1. The van der Waals surface area contributed by atoms with Crippen molar-refractivity contribution in [3.8, 4) is 11.5 Å².